The van der Waals surface area contributed by atoms with Gasteiger partial charge in [0.15, 0.2) is 0 Å². The number of aromatic nitrogens is 2. The molecule has 19 heavy (non-hydrogen) atoms. The van der Waals surface area contributed by atoms with E-state index in [-0.39, 0.29) is 0 Å². The normalized spacial score (nSPS) is 22.2. The van der Waals surface area contributed by atoms with Crippen molar-refractivity contribution in [2.75, 3.05) is 5.73 Å². The van der Waals surface area contributed by atoms with Crippen molar-refractivity contribution < 1.29 is 0 Å². The second kappa shape index (κ2) is 5.00. The van der Waals surface area contributed by atoms with Crippen molar-refractivity contribution in [2.45, 2.75) is 26.3 Å². The van der Waals surface area contributed by atoms with Gasteiger partial charge in [-0.05, 0) is 36.8 Å². The van der Waals surface area contributed by atoms with Crippen LogP contribution in [0.2, 0.25) is 0 Å². The average Bonchev–Trinajstić information content (AvgIpc) is 2.69. The van der Waals surface area contributed by atoms with E-state index in [4.69, 9.17) is 5.73 Å². The Kier molecular flexibility index (Phi) is 3.35. The van der Waals surface area contributed by atoms with Crippen LogP contribution >= 0.6 is 15.9 Å². The van der Waals surface area contributed by atoms with Crippen LogP contribution < -0.4 is 5.73 Å². The summed E-state index contributed by atoms with van der Waals surface area (Å²) in [5.74, 6) is 2.37. The highest BCUT2D eigenvalue weighted by molar-refractivity contribution is 9.10. The Hall–Kier alpha value is -1.29. The molecule has 0 spiro atoms. The second-order valence-electron chi connectivity index (χ2n) is 5.59. The van der Waals surface area contributed by atoms with Gasteiger partial charge >= 0.3 is 0 Å². The lowest BCUT2D eigenvalue weighted by atomic mass is 9.76. The SMILES string of the molecule is CC1CC(Cn2nc(-c3cccc(Br)c3)cc2N)C1. The first-order chi connectivity index (χ1) is 9.11. The lowest BCUT2D eigenvalue weighted by Gasteiger charge is -2.32. The van der Waals surface area contributed by atoms with Crippen molar-refractivity contribution in [1.82, 2.24) is 9.78 Å². The molecule has 2 N–H and O–H groups in total. The summed E-state index contributed by atoms with van der Waals surface area (Å²) in [6.07, 6.45) is 2.59. The maximum atomic E-state index is 6.07. The third kappa shape index (κ3) is 2.68. The first-order valence-corrected chi connectivity index (χ1v) is 7.50. The number of halogens is 1. The van der Waals surface area contributed by atoms with Gasteiger partial charge in [-0.1, -0.05) is 35.0 Å². The fourth-order valence-corrected chi connectivity index (χ4v) is 3.23. The topological polar surface area (TPSA) is 43.8 Å². The van der Waals surface area contributed by atoms with Crippen LogP contribution in [0.5, 0.6) is 0 Å². The van der Waals surface area contributed by atoms with Crippen molar-refractivity contribution >= 4 is 21.7 Å². The third-order valence-electron chi connectivity index (χ3n) is 3.83. The highest BCUT2D eigenvalue weighted by Gasteiger charge is 2.26. The molecule has 0 saturated heterocycles. The molecule has 4 heteroatoms. The van der Waals surface area contributed by atoms with E-state index in [0.29, 0.717) is 0 Å². The van der Waals surface area contributed by atoms with E-state index in [1.807, 2.05) is 22.9 Å². The number of anilines is 1. The molecule has 1 aromatic carbocycles. The van der Waals surface area contributed by atoms with E-state index in [2.05, 4.69) is 40.1 Å². The zero-order valence-corrected chi connectivity index (χ0v) is 12.6. The van der Waals surface area contributed by atoms with E-state index in [1.54, 1.807) is 0 Å². The van der Waals surface area contributed by atoms with Crippen LogP contribution in [-0.2, 0) is 6.54 Å². The summed E-state index contributed by atoms with van der Waals surface area (Å²) in [7, 11) is 0. The minimum Gasteiger partial charge on any atom is -0.384 e. The summed E-state index contributed by atoms with van der Waals surface area (Å²) < 4.78 is 3.01. The molecule has 1 saturated carbocycles. The van der Waals surface area contributed by atoms with Crippen LogP contribution in [0.3, 0.4) is 0 Å². The third-order valence-corrected chi connectivity index (χ3v) is 4.33. The van der Waals surface area contributed by atoms with Crippen molar-refractivity contribution in [1.29, 1.82) is 0 Å². The van der Waals surface area contributed by atoms with Gasteiger partial charge in [0.25, 0.3) is 0 Å². The lowest BCUT2D eigenvalue weighted by molar-refractivity contribution is 0.183. The van der Waals surface area contributed by atoms with Crippen molar-refractivity contribution in [3.8, 4) is 11.3 Å². The highest BCUT2D eigenvalue weighted by atomic mass is 79.9. The molecule has 100 valence electrons. The van der Waals surface area contributed by atoms with E-state index in [1.165, 1.54) is 12.8 Å². The minimum absolute atomic E-state index is 0.743. The predicted molar refractivity (Wildman–Crippen MR) is 81.7 cm³/mol. The van der Waals surface area contributed by atoms with Crippen LogP contribution in [0.15, 0.2) is 34.8 Å². The van der Waals surface area contributed by atoms with Gasteiger partial charge in [0.05, 0.1) is 5.69 Å². The Morgan fingerprint density at radius 2 is 2.16 bits per heavy atom. The highest BCUT2D eigenvalue weighted by Crippen LogP contribution is 2.35. The monoisotopic (exact) mass is 319 g/mol. The Labute approximate surface area is 121 Å². The molecule has 3 nitrogen and oxygen atoms in total. The number of benzene rings is 1. The first-order valence-electron chi connectivity index (χ1n) is 6.71. The number of rotatable bonds is 3. The van der Waals surface area contributed by atoms with Gasteiger partial charge < -0.3 is 5.73 Å². The number of hydrogen-bond acceptors (Lipinski definition) is 2. The van der Waals surface area contributed by atoms with Crippen molar-refractivity contribution in [2.24, 2.45) is 11.8 Å². The molecule has 1 fully saturated rings. The Morgan fingerprint density at radius 3 is 2.84 bits per heavy atom. The average molecular weight is 320 g/mol. The Balaban J connectivity index is 1.81. The molecule has 1 heterocycles. The second-order valence-corrected chi connectivity index (χ2v) is 6.51. The fourth-order valence-electron chi connectivity index (χ4n) is 2.83. The number of nitrogens with two attached hydrogens (primary N) is 1. The largest absolute Gasteiger partial charge is 0.384 e. The van der Waals surface area contributed by atoms with Gasteiger partial charge in [-0.25, -0.2) is 4.68 Å². The van der Waals surface area contributed by atoms with E-state index >= 15 is 0 Å². The number of nitrogen functional groups attached to an aromatic ring is 1. The van der Waals surface area contributed by atoms with Crippen molar-refractivity contribution in [3.05, 3.63) is 34.8 Å². The molecule has 0 unspecified atom stereocenters. The van der Waals surface area contributed by atoms with Crippen LogP contribution in [0.4, 0.5) is 5.82 Å². The summed E-state index contributed by atoms with van der Waals surface area (Å²) in [6, 6.07) is 10.1. The summed E-state index contributed by atoms with van der Waals surface area (Å²) in [5.41, 5.74) is 8.12. The molecule has 1 aliphatic carbocycles. The molecule has 1 aromatic heterocycles. The Morgan fingerprint density at radius 1 is 1.37 bits per heavy atom. The standard InChI is InChI=1S/C15H18BrN3/c1-10-5-11(6-10)9-19-15(17)8-14(18-19)12-3-2-4-13(16)7-12/h2-4,7-8,10-11H,5-6,9,17H2,1H3. The van der Waals surface area contributed by atoms with Gasteiger partial charge in [-0.2, -0.15) is 5.10 Å². The van der Waals surface area contributed by atoms with E-state index < -0.39 is 0 Å². The molecule has 0 atom stereocenters. The van der Waals surface area contributed by atoms with Gasteiger partial charge in [-0.15, -0.1) is 0 Å². The quantitative estimate of drug-likeness (QED) is 0.931. The van der Waals surface area contributed by atoms with E-state index in [0.717, 1.165) is 39.9 Å². The molecular weight excluding hydrogens is 302 g/mol. The maximum absolute atomic E-state index is 6.07. The molecule has 0 radical (unpaired) electrons. The van der Waals surface area contributed by atoms with Crippen LogP contribution in [-0.4, -0.2) is 9.78 Å². The summed E-state index contributed by atoms with van der Waals surface area (Å²) in [6.45, 7) is 3.25. The van der Waals surface area contributed by atoms with Gasteiger partial charge in [0.2, 0.25) is 0 Å². The van der Waals surface area contributed by atoms with Crippen molar-refractivity contribution in [3.63, 3.8) is 0 Å². The van der Waals surface area contributed by atoms with Gasteiger partial charge in [0, 0.05) is 22.6 Å². The zero-order chi connectivity index (χ0) is 13.4. The fraction of sp³-hybridized carbons (Fsp3) is 0.400. The number of hydrogen-bond donors (Lipinski definition) is 1. The first kappa shape index (κ1) is 12.7. The summed E-state index contributed by atoms with van der Waals surface area (Å²) in [5, 5.41) is 4.64. The van der Waals surface area contributed by atoms with Gasteiger partial charge in [-0.3, -0.25) is 0 Å². The zero-order valence-electron chi connectivity index (χ0n) is 11.0. The van der Waals surface area contributed by atoms with Crippen LogP contribution in [0, 0.1) is 11.8 Å². The number of nitrogens with zero attached hydrogens (tertiary/aromatic N) is 2. The summed E-state index contributed by atoms with van der Waals surface area (Å²) in [4.78, 5) is 0. The molecule has 1 aliphatic rings. The van der Waals surface area contributed by atoms with Gasteiger partial charge in [0.1, 0.15) is 5.82 Å². The molecule has 0 aliphatic heterocycles. The lowest BCUT2D eigenvalue weighted by Crippen LogP contribution is -2.26. The smallest absolute Gasteiger partial charge is 0.122 e. The Bertz CT molecular complexity index is 585. The van der Waals surface area contributed by atoms with E-state index in [9.17, 15) is 0 Å². The minimum atomic E-state index is 0.743. The summed E-state index contributed by atoms with van der Waals surface area (Å²) >= 11 is 3.49. The molecular formula is C15H18BrN3. The molecule has 0 bridgehead atoms. The predicted octanol–water partition coefficient (Wildman–Crippen LogP) is 3.94. The maximum Gasteiger partial charge on any atom is 0.122 e. The molecule has 3 rings (SSSR count). The van der Waals surface area contributed by atoms with Crippen LogP contribution in [0.25, 0.3) is 11.3 Å². The van der Waals surface area contributed by atoms with Crippen LogP contribution in [0.1, 0.15) is 19.8 Å². The molecule has 2 aromatic rings. The molecule has 0 amide bonds.